The van der Waals surface area contributed by atoms with Gasteiger partial charge in [-0.2, -0.15) is 0 Å². The number of nitrogens with zero attached hydrogens (tertiary/aromatic N) is 1. The Bertz CT molecular complexity index is 433. The maximum Gasteiger partial charge on any atom is 0.319 e. The number of carboxylic acid groups (broad SMARTS) is 1. The maximum absolute atomic E-state index is 11.2. The Kier molecular flexibility index (Phi) is 3.92. The van der Waals surface area contributed by atoms with Crippen LogP contribution in [0.1, 0.15) is 6.92 Å². The number of nitrogens with two attached hydrogens (primary N) is 1. The molecule has 6 nitrogen and oxygen atoms in total. The summed E-state index contributed by atoms with van der Waals surface area (Å²) in [5, 5.41) is 20.2. The van der Waals surface area contributed by atoms with E-state index in [1.54, 1.807) is 12.1 Å². The van der Waals surface area contributed by atoms with Crippen LogP contribution in [0.15, 0.2) is 24.3 Å². The van der Waals surface area contributed by atoms with Gasteiger partial charge in [0, 0.05) is 18.4 Å². The number of primary amides is 1. The molecule has 1 aromatic carbocycles. The van der Waals surface area contributed by atoms with E-state index < -0.39 is 17.9 Å². The molecule has 0 fully saturated rings. The molecule has 0 saturated carbocycles. The van der Waals surface area contributed by atoms with Crippen LogP contribution in [0.2, 0.25) is 0 Å². The van der Waals surface area contributed by atoms with Crippen molar-refractivity contribution in [1.29, 1.82) is 0 Å². The standard InChI is InChI=1S/C11H14N2O4/c1-7(10(15)16)6-13(11(12)17)8-4-2-3-5-9(8)14/h2-5,7,14H,6H2,1H3,(H2,12,17)(H,15,16)/p-1. The van der Waals surface area contributed by atoms with Gasteiger partial charge < -0.3 is 20.7 Å². The number of aliphatic carboxylic acids is 1. The monoisotopic (exact) mass is 237 g/mol. The Hall–Kier alpha value is -2.24. The first-order valence-electron chi connectivity index (χ1n) is 4.99. The fourth-order valence-corrected chi connectivity index (χ4v) is 1.35. The van der Waals surface area contributed by atoms with E-state index in [9.17, 15) is 19.8 Å². The molecule has 0 radical (unpaired) electrons. The summed E-state index contributed by atoms with van der Waals surface area (Å²) in [7, 11) is 0. The molecule has 0 bridgehead atoms. The molecule has 0 saturated heterocycles. The van der Waals surface area contributed by atoms with Crippen LogP contribution in [0, 0.1) is 5.92 Å². The first-order chi connectivity index (χ1) is 7.93. The number of carboxylic acids is 1. The highest BCUT2D eigenvalue weighted by molar-refractivity contribution is 5.92. The zero-order valence-corrected chi connectivity index (χ0v) is 9.29. The molecule has 0 aliphatic rings. The van der Waals surface area contributed by atoms with Crippen molar-refractivity contribution in [3.8, 4) is 5.75 Å². The Morgan fingerprint density at radius 2 is 2.06 bits per heavy atom. The molecule has 0 aliphatic heterocycles. The van der Waals surface area contributed by atoms with Gasteiger partial charge in [0.05, 0.1) is 5.69 Å². The number of rotatable bonds is 4. The lowest BCUT2D eigenvalue weighted by Crippen LogP contribution is -2.43. The smallest absolute Gasteiger partial charge is 0.319 e. The van der Waals surface area contributed by atoms with E-state index in [0.29, 0.717) is 0 Å². The minimum absolute atomic E-state index is 0.142. The molecular formula is C11H13N2O4-. The highest BCUT2D eigenvalue weighted by Crippen LogP contribution is 2.26. The summed E-state index contributed by atoms with van der Waals surface area (Å²) in [5.41, 5.74) is 5.32. The van der Waals surface area contributed by atoms with Crippen molar-refractivity contribution in [1.82, 2.24) is 0 Å². The van der Waals surface area contributed by atoms with Crippen molar-refractivity contribution in [2.24, 2.45) is 11.7 Å². The minimum atomic E-state index is -1.29. The molecule has 3 N–H and O–H groups in total. The Morgan fingerprint density at radius 1 is 1.47 bits per heavy atom. The third kappa shape index (κ3) is 3.10. The molecule has 6 heteroatoms. The van der Waals surface area contributed by atoms with E-state index in [2.05, 4.69) is 0 Å². The van der Waals surface area contributed by atoms with Crippen molar-refractivity contribution in [3.63, 3.8) is 0 Å². The van der Waals surface area contributed by atoms with Gasteiger partial charge in [-0.15, -0.1) is 0 Å². The van der Waals surface area contributed by atoms with Crippen molar-refractivity contribution in [2.75, 3.05) is 11.4 Å². The van der Waals surface area contributed by atoms with Crippen LogP contribution in [0.4, 0.5) is 10.5 Å². The summed E-state index contributed by atoms with van der Waals surface area (Å²) in [6.45, 7) is 1.24. The largest absolute Gasteiger partial charge is 0.550 e. The molecule has 92 valence electrons. The van der Waals surface area contributed by atoms with Gasteiger partial charge in [-0.3, -0.25) is 4.90 Å². The zero-order chi connectivity index (χ0) is 13.0. The number of hydrogen-bond acceptors (Lipinski definition) is 4. The molecular weight excluding hydrogens is 224 g/mol. The summed E-state index contributed by atoms with van der Waals surface area (Å²) in [4.78, 5) is 22.9. The van der Waals surface area contributed by atoms with Gasteiger partial charge in [-0.25, -0.2) is 4.79 Å². The van der Waals surface area contributed by atoms with Gasteiger partial charge in [-0.1, -0.05) is 19.1 Å². The second-order valence-corrected chi connectivity index (χ2v) is 3.66. The van der Waals surface area contributed by atoms with Gasteiger partial charge in [-0.05, 0) is 12.1 Å². The molecule has 17 heavy (non-hydrogen) atoms. The van der Waals surface area contributed by atoms with Gasteiger partial charge in [0.2, 0.25) is 0 Å². The number of carbonyl (C=O) groups is 2. The number of benzene rings is 1. The molecule has 1 atom stereocenters. The van der Waals surface area contributed by atoms with Crippen LogP contribution in [-0.2, 0) is 4.79 Å². The Labute approximate surface area is 98.3 Å². The lowest BCUT2D eigenvalue weighted by atomic mass is 10.1. The maximum atomic E-state index is 11.2. The minimum Gasteiger partial charge on any atom is -0.550 e. The van der Waals surface area contributed by atoms with Crippen molar-refractivity contribution in [3.05, 3.63) is 24.3 Å². The van der Waals surface area contributed by atoms with E-state index in [1.807, 2.05) is 0 Å². The molecule has 0 heterocycles. The summed E-state index contributed by atoms with van der Waals surface area (Å²) in [5.74, 6) is -2.31. The number of phenolic OH excluding ortho intramolecular Hbond substituents is 1. The predicted octanol–water partition coefficient (Wildman–Crippen LogP) is -0.337. The second-order valence-electron chi connectivity index (χ2n) is 3.66. The van der Waals surface area contributed by atoms with Gasteiger partial charge >= 0.3 is 6.03 Å². The van der Waals surface area contributed by atoms with E-state index in [4.69, 9.17) is 5.73 Å². The normalized spacial score (nSPS) is 11.8. The average molecular weight is 237 g/mol. The average Bonchev–Trinajstić information content (AvgIpc) is 2.26. The number of anilines is 1. The van der Waals surface area contributed by atoms with E-state index in [-0.39, 0.29) is 18.0 Å². The number of phenols is 1. The molecule has 1 aromatic rings. The summed E-state index contributed by atoms with van der Waals surface area (Å²) in [6.07, 6.45) is 0. The zero-order valence-electron chi connectivity index (χ0n) is 9.29. The van der Waals surface area contributed by atoms with Gasteiger partial charge in [0.15, 0.2) is 0 Å². The van der Waals surface area contributed by atoms with Crippen LogP contribution in [-0.4, -0.2) is 23.7 Å². The third-order valence-electron chi connectivity index (χ3n) is 2.30. The fourth-order valence-electron chi connectivity index (χ4n) is 1.35. The van der Waals surface area contributed by atoms with Crippen LogP contribution < -0.4 is 15.7 Å². The lowest BCUT2D eigenvalue weighted by molar-refractivity contribution is -0.310. The van der Waals surface area contributed by atoms with Gasteiger partial charge in [0.25, 0.3) is 0 Å². The summed E-state index contributed by atoms with van der Waals surface area (Å²) >= 11 is 0. The van der Waals surface area contributed by atoms with Crippen molar-refractivity contribution >= 4 is 17.7 Å². The number of urea groups is 1. The SMILES string of the molecule is CC(CN(C(N)=O)c1ccccc1O)C(=O)[O-]. The van der Waals surface area contributed by atoms with Crippen LogP contribution in [0.25, 0.3) is 0 Å². The molecule has 1 unspecified atom stereocenters. The Morgan fingerprint density at radius 3 is 2.53 bits per heavy atom. The number of amides is 2. The van der Waals surface area contributed by atoms with E-state index in [1.165, 1.54) is 19.1 Å². The molecule has 0 aliphatic carbocycles. The third-order valence-corrected chi connectivity index (χ3v) is 2.30. The highest BCUT2D eigenvalue weighted by Gasteiger charge is 2.18. The quantitative estimate of drug-likeness (QED) is 0.747. The predicted molar refractivity (Wildman–Crippen MR) is 59.2 cm³/mol. The fraction of sp³-hybridized carbons (Fsp3) is 0.273. The summed E-state index contributed by atoms with van der Waals surface area (Å²) in [6, 6.07) is 5.21. The number of hydrogen-bond donors (Lipinski definition) is 2. The molecule has 0 spiro atoms. The van der Waals surface area contributed by atoms with Crippen LogP contribution >= 0.6 is 0 Å². The van der Waals surface area contributed by atoms with Crippen LogP contribution in [0.3, 0.4) is 0 Å². The summed E-state index contributed by atoms with van der Waals surface area (Å²) < 4.78 is 0. The van der Waals surface area contributed by atoms with E-state index >= 15 is 0 Å². The molecule has 0 aromatic heterocycles. The van der Waals surface area contributed by atoms with E-state index in [0.717, 1.165) is 4.90 Å². The second kappa shape index (κ2) is 5.20. The Balaban J connectivity index is 2.99. The topological polar surface area (TPSA) is 107 Å². The highest BCUT2D eigenvalue weighted by atomic mass is 16.4. The van der Waals surface area contributed by atoms with Crippen molar-refractivity contribution in [2.45, 2.75) is 6.92 Å². The lowest BCUT2D eigenvalue weighted by Gasteiger charge is -2.25. The van der Waals surface area contributed by atoms with Gasteiger partial charge in [0.1, 0.15) is 5.75 Å². The number of para-hydroxylation sites is 2. The van der Waals surface area contributed by atoms with Crippen molar-refractivity contribution < 1.29 is 19.8 Å². The first kappa shape index (κ1) is 12.8. The number of carbonyl (C=O) groups excluding carboxylic acids is 2. The molecule has 1 rings (SSSR count). The molecule has 2 amide bonds. The van der Waals surface area contributed by atoms with Crippen LogP contribution in [0.5, 0.6) is 5.75 Å². The first-order valence-corrected chi connectivity index (χ1v) is 4.99. The number of aromatic hydroxyl groups is 1.